The first-order chi connectivity index (χ1) is 9.90. The highest BCUT2D eigenvalue weighted by molar-refractivity contribution is 5.35. The SMILES string of the molecule is c1ccc(Oc2ccc(OCn3ccnc3)cc2)cc1. The molecule has 0 radical (unpaired) electrons. The van der Waals surface area contributed by atoms with Crippen molar-refractivity contribution in [2.45, 2.75) is 6.73 Å². The molecule has 0 bridgehead atoms. The zero-order valence-corrected chi connectivity index (χ0v) is 10.8. The standard InChI is InChI=1S/C16H14N2O2/c1-2-4-15(5-3-1)20-16-8-6-14(7-9-16)19-13-18-11-10-17-12-18/h1-12H,13H2. The van der Waals surface area contributed by atoms with Gasteiger partial charge in [-0.15, -0.1) is 0 Å². The van der Waals surface area contributed by atoms with Gasteiger partial charge in [0.15, 0.2) is 6.73 Å². The second kappa shape index (κ2) is 5.93. The zero-order chi connectivity index (χ0) is 13.6. The molecule has 0 amide bonds. The molecule has 0 N–H and O–H groups in total. The number of para-hydroxylation sites is 1. The lowest BCUT2D eigenvalue weighted by molar-refractivity contribution is 0.236. The molecule has 4 nitrogen and oxygen atoms in total. The minimum atomic E-state index is 0.443. The van der Waals surface area contributed by atoms with Crippen molar-refractivity contribution < 1.29 is 9.47 Å². The summed E-state index contributed by atoms with van der Waals surface area (Å²) in [6.45, 7) is 0.443. The van der Waals surface area contributed by atoms with Gasteiger partial charge in [-0.3, -0.25) is 0 Å². The van der Waals surface area contributed by atoms with Crippen molar-refractivity contribution in [1.29, 1.82) is 0 Å². The van der Waals surface area contributed by atoms with Crippen LogP contribution in [0.3, 0.4) is 0 Å². The summed E-state index contributed by atoms with van der Waals surface area (Å²) in [5, 5.41) is 0. The number of imidazole rings is 1. The van der Waals surface area contributed by atoms with E-state index in [-0.39, 0.29) is 0 Å². The molecule has 0 saturated heterocycles. The molecule has 20 heavy (non-hydrogen) atoms. The Morgan fingerprint density at radius 1 is 0.850 bits per heavy atom. The van der Waals surface area contributed by atoms with Crippen LogP contribution in [0.4, 0.5) is 0 Å². The Balaban J connectivity index is 1.60. The third-order valence-electron chi connectivity index (χ3n) is 2.74. The molecule has 100 valence electrons. The van der Waals surface area contributed by atoms with E-state index in [9.17, 15) is 0 Å². The molecule has 0 aliphatic heterocycles. The van der Waals surface area contributed by atoms with Gasteiger partial charge in [-0.1, -0.05) is 18.2 Å². The first-order valence-corrected chi connectivity index (χ1v) is 6.32. The van der Waals surface area contributed by atoms with Gasteiger partial charge in [-0.2, -0.15) is 0 Å². The smallest absolute Gasteiger partial charge is 0.165 e. The van der Waals surface area contributed by atoms with E-state index in [4.69, 9.17) is 9.47 Å². The lowest BCUT2D eigenvalue weighted by Gasteiger charge is -2.08. The van der Waals surface area contributed by atoms with Gasteiger partial charge in [0.1, 0.15) is 17.2 Å². The Kier molecular flexibility index (Phi) is 3.64. The van der Waals surface area contributed by atoms with Crippen molar-refractivity contribution in [3.63, 3.8) is 0 Å². The molecule has 0 spiro atoms. The maximum atomic E-state index is 5.71. The van der Waals surface area contributed by atoms with E-state index in [1.165, 1.54) is 0 Å². The Labute approximate surface area is 117 Å². The largest absolute Gasteiger partial charge is 0.473 e. The summed E-state index contributed by atoms with van der Waals surface area (Å²) in [7, 11) is 0. The van der Waals surface area contributed by atoms with E-state index in [1.54, 1.807) is 12.5 Å². The number of rotatable bonds is 5. The van der Waals surface area contributed by atoms with Crippen LogP contribution in [-0.2, 0) is 6.73 Å². The Morgan fingerprint density at radius 3 is 2.25 bits per heavy atom. The molecular weight excluding hydrogens is 252 g/mol. The fourth-order valence-corrected chi connectivity index (χ4v) is 1.74. The van der Waals surface area contributed by atoms with Crippen LogP contribution in [0.25, 0.3) is 0 Å². The van der Waals surface area contributed by atoms with Crippen molar-refractivity contribution >= 4 is 0 Å². The maximum Gasteiger partial charge on any atom is 0.165 e. The molecule has 0 fully saturated rings. The lowest BCUT2D eigenvalue weighted by atomic mass is 10.3. The summed E-state index contributed by atoms with van der Waals surface area (Å²) in [6.07, 6.45) is 5.29. The molecule has 0 unspecified atom stereocenters. The van der Waals surface area contributed by atoms with E-state index < -0.39 is 0 Å². The quantitative estimate of drug-likeness (QED) is 0.706. The highest BCUT2D eigenvalue weighted by Crippen LogP contribution is 2.23. The monoisotopic (exact) mass is 266 g/mol. The van der Waals surface area contributed by atoms with Gasteiger partial charge in [0, 0.05) is 12.4 Å². The van der Waals surface area contributed by atoms with E-state index in [0.29, 0.717) is 6.73 Å². The predicted molar refractivity (Wildman–Crippen MR) is 75.8 cm³/mol. The van der Waals surface area contributed by atoms with E-state index in [1.807, 2.05) is 65.4 Å². The molecule has 4 heteroatoms. The molecule has 1 aromatic heterocycles. The third kappa shape index (κ3) is 3.17. The van der Waals surface area contributed by atoms with E-state index >= 15 is 0 Å². The summed E-state index contributed by atoms with van der Waals surface area (Å²) < 4.78 is 13.2. The van der Waals surface area contributed by atoms with Crippen LogP contribution in [0, 0.1) is 0 Å². The topological polar surface area (TPSA) is 36.3 Å². The predicted octanol–water partition coefficient (Wildman–Crippen LogP) is 3.71. The second-order valence-electron chi connectivity index (χ2n) is 4.24. The minimum Gasteiger partial charge on any atom is -0.473 e. The Hall–Kier alpha value is -2.75. The fraction of sp³-hybridized carbons (Fsp3) is 0.0625. The summed E-state index contributed by atoms with van der Waals surface area (Å²) in [5.41, 5.74) is 0. The van der Waals surface area contributed by atoms with Gasteiger partial charge >= 0.3 is 0 Å². The summed E-state index contributed by atoms with van der Waals surface area (Å²) in [6, 6.07) is 17.2. The van der Waals surface area contributed by atoms with Crippen molar-refractivity contribution in [2.24, 2.45) is 0 Å². The van der Waals surface area contributed by atoms with Crippen molar-refractivity contribution in [2.75, 3.05) is 0 Å². The van der Waals surface area contributed by atoms with Gasteiger partial charge in [0.2, 0.25) is 0 Å². The number of nitrogens with zero attached hydrogens (tertiary/aromatic N) is 2. The number of aromatic nitrogens is 2. The van der Waals surface area contributed by atoms with Crippen molar-refractivity contribution in [3.05, 3.63) is 73.3 Å². The highest BCUT2D eigenvalue weighted by Gasteiger charge is 1.98. The van der Waals surface area contributed by atoms with Gasteiger partial charge in [0.25, 0.3) is 0 Å². The molecule has 0 aliphatic carbocycles. The van der Waals surface area contributed by atoms with Crippen LogP contribution >= 0.6 is 0 Å². The van der Waals surface area contributed by atoms with Gasteiger partial charge in [0.05, 0.1) is 6.33 Å². The molecule has 0 atom stereocenters. The summed E-state index contributed by atoms with van der Waals surface area (Å²) in [5.74, 6) is 2.39. The normalized spacial score (nSPS) is 10.2. The summed E-state index contributed by atoms with van der Waals surface area (Å²) in [4.78, 5) is 3.96. The third-order valence-corrected chi connectivity index (χ3v) is 2.74. The second-order valence-corrected chi connectivity index (χ2v) is 4.24. The fourth-order valence-electron chi connectivity index (χ4n) is 1.74. The number of hydrogen-bond acceptors (Lipinski definition) is 3. The molecule has 3 rings (SSSR count). The molecule has 2 aromatic carbocycles. The van der Waals surface area contributed by atoms with Crippen LogP contribution in [-0.4, -0.2) is 9.55 Å². The van der Waals surface area contributed by atoms with Gasteiger partial charge in [-0.05, 0) is 36.4 Å². The Morgan fingerprint density at radius 2 is 1.55 bits per heavy atom. The minimum absolute atomic E-state index is 0.443. The zero-order valence-electron chi connectivity index (χ0n) is 10.8. The van der Waals surface area contributed by atoms with Crippen LogP contribution in [0.2, 0.25) is 0 Å². The number of benzene rings is 2. The number of ether oxygens (including phenoxy) is 2. The van der Waals surface area contributed by atoms with E-state index in [0.717, 1.165) is 17.2 Å². The van der Waals surface area contributed by atoms with Crippen LogP contribution in [0.1, 0.15) is 0 Å². The van der Waals surface area contributed by atoms with Crippen LogP contribution in [0.5, 0.6) is 17.2 Å². The average molecular weight is 266 g/mol. The van der Waals surface area contributed by atoms with Crippen LogP contribution in [0.15, 0.2) is 73.3 Å². The van der Waals surface area contributed by atoms with Gasteiger partial charge < -0.3 is 14.0 Å². The molecule has 0 saturated carbocycles. The van der Waals surface area contributed by atoms with Crippen molar-refractivity contribution in [1.82, 2.24) is 9.55 Å². The Bertz CT molecular complexity index is 634. The maximum absolute atomic E-state index is 5.71. The molecular formula is C16H14N2O2. The van der Waals surface area contributed by atoms with Crippen LogP contribution < -0.4 is 9.47 Å². The molecule has 0 aliphatic rings. The number of hydrogen-bond donors (Lipinski definition) is 0. The van der Waals surface area contributed by atoms with Crippen molar-refractivity contribution in [3.8, 4) is 17.2 Å². The first kappa shape index (κ1) is 12.3. The van der Waals surface area contributed by atoms with E-state index in [2.05, 4.69) is 4.98 Å². The average Bonchev–Trinajstić information content (AvgIpc) is 3.01. The molecule has 3 aromatic rings. The summed E-state index contributed by atoms with van der Waals surface area (Å²) >= 11 is 0. The molecule has 1 heterocycles. The first-order valence-electron chi connectivity index (χ1n) is 6.32. The highest BCUT2D eigenvalue weighted by atomic mass is 16.5. The lowest BCUT2D eigenvalue weighted by Crippen LogP contribution is -2.02. The van der Waals surface area contributed by atoms with Gasteiger partial charge in [-0.25, -0.2) is 4.98 Å².